The summed E-state index contributed by atoms with van der Waals surface area (Å²) in [5.41, 5.74) is 3.76. The van der Waals surface area contributed by atoms with E-state index in [4.69, 9.17) is 0 Å². The first-order chi connectivity index (χ1) is 12.1. The molecule has 0 fully saturated rings. The van der Waals surface area contributed by atoms with Crippen LogP contribution in [-0.2, 0) is 19.4 Å². The first-order valence-electron chi connectivity index (χ1n) is 8.49. The van der Waals surface area contributed by atoms with Crippen LogP contribution in [0, 0.1) is 11.7 Å². The van der Waals surface area contributed by atoms with Crippen LogP contribution in [0.25, 0.3) is 5.65 Å². The highest BCUT2D eigenvalue weighted by atomic mass is 19.1. The molecule has 1 N–H and O–H groups in total. The molecule has 2 aromatic heterocycles. The van der Waals surface area contributed by atoms with Gasteiger partial charge in [0.15, 0.2) is 5.65 Å². The third-order valence-corrected chi connectivity index (χ3v) is 4.80. The first kappa shape index (κ1) is 15.7. The summed E-state index contributed by atoms with van der Waals surface area (Å²) in [6, 6.07) is 6.40. The van der Waals surface area contributed by atoms with Gasteiger partial charge in [0.2, 0.25) is 0 Å². The van der Waals surface area contributed by atoms with Gasteiger partial charge in [-0.2, -0.15) is 5.10 Å². The SMILES string of the molecule is C[C@@H]1CCc2c(cnc3c(C(=O)NCc4ccccc4F)cnn23)C1. The molecular formula is C19H19FN4O. The minimum Gasteiger partial charge on any atom is -0.348 e. The average Bonchev–Trinajstić information content (AvgIpc) is 3.05. The molecule has 0 bridgehead atoms. The second-order valence-electron chi connectivity index (χ2n) is 6.65. The van der Waals surface area contributed by atoms with Gasteiger partial charge in [0, 0.05) is 24.0 Å². The van der Waals surface area contributed by atoms with Crippen molar-refractivity contribution in [2.45, 2.75) is 32.7 Å². The van der Waals surface area contributed by atoms with Gasteiger partial charge < -0.3 is 5.32 Å². The Bertz CT molecular complexity index is 950. The van der Waals surface area contributed by atoms with E-state index < -0.39 is 0 Å². The number of aromatic nitrogens is 3. The van der Waals surface area contributed by atoms with E-state index in [1.54, 1.807) is 22.7 Å². The zero-order valence-corrected chi connectivity index (χ0v) is 14.0. The summed E-state index contributed by atoms with van der Waals surface area (Å²) in [5.74, 6) is 0.0182. The predicted molar refractivity (Wildman–Crippen MR) is 91.7 cm³/mol. The lowest BCUT2D eigenvalue weighted by atomic mass is 9.89. The third kappa shape index (κ3) is 2.88. The van der Waals surface area contributed by atoms with Crippen LogP contribution >= 0.6 is 0 Å². The van der Waals surface area contributed by atoms with E-state index in [1.165, 1.54) is 17.8 Å². The maximum atomic E-state index is 13.7. The molecule has 1 aromatic carbocycles. The Hall–Kier alpha value is -2.76. The number of nitrogens with zero attached hydrogens (tertiary/aromatic N) is 3. The molecule has 5 nitrogen and oxygen atoms in total. The number of nitrogens with one attached hydrogen (secondary N) is 1. The standard InChI is InChI=1S/C19H19FN4O/c1-12-6-7-17-14(8-12)10-21-18-15(11-23-24(17)18)19(25)22-9-13-4-2-3-5-16(13)20/h2-5,10-12H,6-9H2,1H3,(H,22,25)/t12-/m1/s1. The number of aryl methyl sites for hydroxylation is 1. The summed E-state index contributed by atoms with van der Waals surface area (Å²) >= 11 is 0. The molecule has 3 aromatic rings. The maximum absolute atomic E-state index is 13.7. The number of fused-ring (bicyclic) bond motifs is 3. The van der Waals surface area contributed by atoms with Crippen LogP contribution in [0.4, 0.5) is 4.39 Å². The van der Waals surface area contributed by atoms with E-state index in [2.05, 4.69) is 22.3 Å². The normalized spacial score (nSPS) is 16.6. The largest absolute Gasteiger partial charge is 0.348 e. The van der Waals surface area contributed by atoms with Crippen LogP contribution in [0.5, 0.6) is 0 Å². The van der Waals surface area contributed by atoms with Crippen molar-refractivity contribution >= 4 is 11.6 Å². The molecule has 0 saturated heterocycles. The molecule has 6 heteroatoms. The van der Waals surface area contributed by atoms with Gasteiger partial charge in [0.25, 0.3) is 5.91 Å². The highest BCUT2D eigenvalue weighted by molar-refractivity contribution is 5.99. The van der Waals surface area contributed by atoms with Crippen molar-refractivity contribution in [1.82, 2.24) is 19.9 Å². The number of amides is 1. The lowest BCUT2D eigenvalue weighted by molar-refractivity contribution is 0.0952. The van der Waals surface area contributed by atoms with Crippen molar-refractivity contribution in [2.75, 3.05) is 0 Å². The van der Waals surface area contributed by atoms with Crippen LogP contribution in [0.1, 0.15) is 40.5 Å². The van der Waals surface area contributed by atoms with Crippen LogP contribution in [0.15, 0.2) is 36.7 Å². The van der Waals surface area contributed by atoms with E-state index in [1.807, 2.05) is 6.20 Å². The molecule has 2 heterocycles. The summed E-state index contributed by atoms with van der Waals surface area (Å²) in [4.78, 5) is 16.9. The monoisotopic (exact) mass is 338 g/mol. The smallest absolute Gasteiger partial charge is 0.257 e. The summed E-state index contributed by atoms with van der Waals surface area (Å²) in [7, 11) is 0. The van der Waals surface area contributed by atoms with Gasteiger partial charge in [-0.05, 0) is 36.8 Å². The van der Waals surface area contributed by atoms with Gasteiger partial charge >= 0.3 is 0 Å². The number of carbonyl (C=O) groups is 1. The number of benzene rings is 1. The van der Waals surface area contributed by atoms with Crippen molar-refractivity contribution < 1.29 is 9.18 Å². The molecule has 0 spiro atoms. The lowest BCUT2D eigenvalue weighted by Gasteiger charge is -2.21. The molecule has 128 valence electrons. The van der Waals surface area contributed by atoms with Gasteiger partial charge in [-0.3, -0.25) is 4.79 Å². The Morgan fingerprint density at radius 2 is 2.20 bits per heavy atom. The summed E-state index contributed by atoms with van der Waals surface area (Å²) in [6.07, 6.45) is 6.44. The Balaban J connectivity index is 1.59. The second kappa shape index (κ2) is 6.27. The molecule has 0 saturated carbocycles. The number of hydrogen-bond acceptors (Lipinski definition) is 3. The molecule has 1 atom stereocenters. The minimum atomic E-state index is -0.330. The minimum absolute atomic E-state index is 0.130. The summed E-state index contributed by atoms with van der Waals surface area (Å²) < 4.78 is 15.5. The molecule has 0 unspecified atom stereocenters. The van der Waals surface area contributed by atoms with Crippen LogP contribution < -0.4 is 5.32 Å². The predicted octanol–water partition coefficient (Wildman–Crippen LogP) is 2.92. The lowest BCUT2D eigenvalue weighted by Crippen LogP contribution is -2.23. The van der Waals surface area contributed by atoms with Crippen LogP contribution in [0.3, 0.4) is 0 Å². The average molecular weight is 338 g/mol. The zero-order chi connectivity index (χ0) is 17.4. The Morgan fingerprint density at radius 3 is 3.04 bits per heavy atom. The Labute approximate surface area is 144 Å². The fourth-order valence-electron chi connectivity index (χ4n) is 3.38. The number of rotatable bonds is 3. The third-order valence-electron chi connectivity index (χ3n) is 4.80. The number of hydrogen-bond donors (Lipinski definition) is 1. The molecular weight excluding hydrogens is 319 g/mol. The van der Waals surface area contributed by atoms with Gasteiger partial charge in [0.05, 0.1) is 6.20 Å². The first-order valence-corrected chi connectivity index (χ1v) is 8.49. The zero-order valence-electron chi connectivity index (χ0n) is 14.0. The van der Waals surface area contributed by atoms with Gasteiger partial charge in [-0.15, -0.1) is 0 Å². The maximum Gasteiger partial charge on any atom is 0.257 e. The van der Waals surface area contributed by atoms with Gasteiger partial charge in [-0.1, -0.05) is 25.1 Å². The molecule has 4 rings (SSSR count). The molecule has 1 aliphatic carbocycles. The van der Waals surface area contributed by atoms with Crippen molar-refractivity contribution in [3.8, 4) is 0 Å². The molecule has 1 amide bonds. The van der Waals surface area contributed by atoms with E-state index in [0.29, 0.717) is 22.7 Å². The molecule has 25 heavy (non-hydrogen) atoms. The molecule has 0 radical (unpaired) electrons. The van der Waals surface area contributed by atoms with Gasteiger partial charge in [0.1, 0.15) is 11.4 Å². The highest BCUT2D eigenvalue weighted by Crippen LogP contribution is 2.25. The van der Waals surface area contributed by atoms with Crippen molar-refractivity contribution in [1.29, 1.82) is 0 Å². The van der Waals surface area contributed by atoms with E-state index in [0.717, 1.165) is 25.0 Å². The van der Waals surface area contributed by atoms with Crippen molar-refractivity contribution in [2.24, 2.45) is 5.92 Å². The molecule has 1 aliphatic rings. The van der Waals surface area contributed by atoms with Crippen LogP contribution in [-0.4, -0.2) is 20.5 Å². The van der Waals surface area contributed by atoms with Gasteiger partial charge in [-0.25, -0.2) is 13.9 Å². The van der Waals surface area contributed by atoms with E-state index in [9.17, 15) is 9.18 Å². The molecule has 0 aliphatic heterocycles. The fourth-order valence-corrected chi connectivity index (χ4v) is 3.38. The van der Waals surface area contributed by atoms with E-state index in [-0.39, 0.29) is 18.3 Å². The number of carbonyl (C=O) groups excluding carboxylic acids is 1. The van der Waals surface area contributed by atoms with Crippen LogP contribution in [0.2, 0.25) is 0 Å². The quantitative estimate of drug-likeness (QED) is 0.799. The summed E-state index contributed by atoms with van der Waals surface area (Å²) in [6.45, 7) is 2.36. The van der Waals surface area contributed by atoms with Crippen molar-refractivity contribution in [3.63, 3.8) is 0 Å². The topological polar surface area (TPSA) is 59.3 Å². The van der Waals surface area contributed by atoms with Crippen molar-refractivity contribution in [3.05, 3.63) is 64.9 Å². The Kier molecular flexibility index (Phi) is 3.95. The van der Waals surface area contributed by atoms with E-state index >= 15 is 0 Å². The highest BCUT2D eigenvalue weighted by Gasteiger charge is 2.22. The summed E-state index contributed by atoms with van der Waals surface area (Å²) in [5, 5.41) is 7.12. The fraction of sp³-hybridized carbons (Fsp3) is 0.316. The second-order valence-corrected chi connectivity index (χ2v) is 6.65. The Morgan fingerprint density at radius 1 is 1.36 bits per heavy atom. The number of halogens is 1.